The number of nitrogens with one attached hydrogen (secondary N) is 1. The molecule has 1 rings (SSSR count). The molecule has 0 saturated heterocycles. The van der Waals surface area contributed by atoms with Gasteiger partial charge in [0.2, 0.25) is 0 Å². The molecule has 17 heavy (non-hydrogen) atoms. The lowest BCUT2D eigenvalue weighted by molar-refractivity contribution is 0.0527. The summed E-state index contributed by atoms with van der Waals surface area (Å²) in [6.45, 7) is 6.29. The normalized spacial score (nSPS) is 14.6. The fraction of sp³-hybridized carbons (Fsp3) is 0.643. The van der Waals surface area contributed by atoms with E-state index in [2.05, 4.69) is 23.5 Å². The Labute approximate surface area is 104 Å². The largest absolute Gasteiger partial charge is 0.444 e. The lowest BCUT2D eigenvalue weighted by Crippen LogP contribution is -2.32. The Balaban J connectivity index is 1.98. The first-order valence-electron chi connectivity index (χ1n) is 6.29. The molecule has 0 aromatic carbocycles. The molecule has 0 heterocycles. The van der Waals surface area contributed by atoms with Crippen molar-refractivity contribution in [3.8, 4) is 0 Å². The molecule has 0 saturated carbocycles. The molecule has 0 aromatic rings. The van der Waals surface area contributed by atoms with Crippen LogP contribution >= 0.6 is 0 Å². The highest BCUT2D eigenvalue weighted by Crippen LogP contribution is 2.16. The molecule has 96 valence electrons. The number of allylic oxidation sites excluding steroid dienone is 4. The maximum atomic E-state index is 11.3. The van der Waals surface area contributed by atoms with Crippen LogP contribution in [0.3, 0.4) is 0 Å². The van der Waals surface area contributed by atoms with Crippen LogP contribution in [0.5, 0.6) is 0 Å². The Bertz CT molecular complexity index is 311. The van der Waals surface area contributed by atoms with Gasteiger partial charge in [-0.3, -0.25) is 0 Å². The van der Waals surface area contributed by atoms with E-state index in [0.29, 0.717) is 6.54 Å². The lowest BCUT2D eigenvalue weighted by Gasteiger charge is -2.19. The third-order valence-electron chi connectivity index (χ3n) is 2.44. The molecular formula is C14H23NO2. The van der Waals surface area contributed by atoms with Crippen LogP contribution in [0.25, 0.3) is 0 Å². The average molecular weight is 237 g/mol. The van der Waals surface area contributed by atoms with Gasteiger partial charge in [0.05, 0.1) is 0 Å². The topological polar surface area (TPSA) is 38.3 Å². The molecule has 3 heteroatoms. The van der Waals surface area contributed by atoms with Gasteiger partial charge in [-0.15, -0.1) is 0 Å². The summed E-state index contributed by atoms with van der Waals surface area (Å²) >= 11 is 0. The first kappa shape index (κ1) is 13.8. The summed E-state index contributed by atoms with van der Waals surface area (Å²) in [4.78, 5) is 11.3. The van der Waals surface area contributed by atoms with Gasteiger partial charge in [-0.05, 0) is 46.5 Å². The van der Waals surface area contributed by atoms with Crippen molar-refractivity contribution in [2.24, 2.45) is 0 Å². The van der Waals surface area contributed by atoms with Crippen LogP contribution in [-0.4, -0.2) is 18.2 Å². The Hall–Kier alpha value is -1.25. The predicted octanol–water partition coefficient (Wildman–Crippen LogP) is 3.57. The zero-order valence-electron chi connectivity index (χ0n) is 11.1. The number of hydrogen-bond acceptors (Lipinski definition) is 2. The van der Waals surface area contributed by atoms with Crippen molar-refractivity contribution < 1.29 is 9.53 Å². The highest BCUT2D eigenvalue weighted by Gasteiger charge is 2.15. The van der Waals surface area contributed by atoms with E-state index >= 15 is 0 Å². The summed E-state index contributed by atoms with van der Waals surface area (Å²) in [6.07, 6.45) is 10.5. The summed E-state index contributed by atoms with van der Waals surface area (Å²) in [5, 5.41) is 2.77. The first-order chi connectivity index (χ1) is 7.97. The summed E-state index contributed by atoms with van der Waals surface area (Å²) in [5.74, 6) is 0. The molecule has 0 bridgehead atoms. The van der Waals surface area contributed by atoms with Crippen molar-refractivity contribution in [3.63, 3.8) is 0 Å². The van der Waals surface area contributed by atoms with Crippen molar-refractivity contribution >= 4 is 6.09 Å². The van der Waals surface area contributed by atoms with Crippen molar-refractivity contribution in [2.45, 2.75) is 52.1 Å². The minimum Gasteiger partial charge on any atom is -0.444 e. The summed E-state index contributed by atoms with van der Waals surface area (Å²) in [5.41, 5.74) is 1.08. The molecular weight excluding hydrogens is 214 g/mol. The number of carbonyl (C=O) groups excluding carboxylic acids is 1. The van der Waals surface area contributed by atoms with Crippen molar-refractivity contribution in [1.82, 2.24) is 5.32 Å². The predicted molar refractivity (Wildman–Crippen MR) is 69.9 cm³/mol. The van der Waals surface area contributed by atoms with Gasteiger partial charge >= 0.3 is 6.09 Å². The van der Waals surface area contributed by atoms with Crippen molar-refractivity contribution in [3.05, 3.63) is 23.8 Å². The molecule has 1 aliphatic rings. The third-order valence-corrected chi connectivity index (χ3v) is 2.44. The fourth-order valence-electron chi connectivity index (χ4n) is 1.66. The molecule has 3 nitrogen and oxygen atoms in total. The van der Waals surface area contributed by atoms with Gasteiger partial charge in [0.1, 0.15) is 5.60 Å². The van der Waals surface area contributed by atoms with Crippen molar-refractivity contribution in [2.75, 3.05) is 6.54 Å². The van der Waals surface area contributed by atoms with E-state index in [-0.39, 0.29) is 6.09 Å². The zero-order chi connectivity index (χ0) is 12.7. The monoisotopic (exact) mass is 237 g/mol. The molecule has 0 spiro atoms. The Morgan fingerprint density at radius 1 is 1.41 bits per heavy atom. The number of amides is 1. The van der Waals surface area contributed by atoms with E-state index in [0.717, 1.165) is 25.7 Å². The van der Waals surface area contributed by atoms with Crippen LogP contribution in [0.15, 0.2) is 23.8 Å². The number of hydrogen-bond donors (Lipinski definition) is 1. The Morgan fingerprint density at radius 3 is 2.76 bits per heavy atom. The lowest BCUT2D eigenvalue weighted by atomic mass is 10.1. The van der Waals surface area contributed by atoms with E-state index in [4.69, 9.17) is 4.74 Å². The number of carbonyl (C=O) groups is 1. The number of ether oxygens (including phenoxy) is 1. The van der Waals surface area contributed by atoms with Gasteiger partial charge in [0.25, 0.3) is 0 Å². The maximum absolute atomic E-state index is 11.3. The average Bonchev–Trinajstić information content (AvgIpc) is 2.67. The molecule has 1 N–H and O–H groups in total. The number of alkyl carbamates (subject to hydrolysis) is 1. The van der Waals surface area contributed by atoms with Gasteiger partial charge < -0.3 is 10.1 Å². The second-order valence-corrected chi connectivity index (χ2v) is 5.34. The highest BCUT2D eigenvalue weighted by atomic mass is 16.6. The summed E-state index contributed by atoms with van der Waals surface area (Å²) < 4.78 is 5.15. The van der Waals surface area contributed by atoms with Gasteiger partial charge in [0, 0.05) is 6.54 Å². The summed E-state index contributed by atoms with van der Waals surface area (Å²) in [7, 11) is 0. The maximum Gasteiger partial charge on any atom is 0.407 e. The van der Waals surface area contributed by atoms with Gasteiger partial charge in [-0.1, -0.05) is 23.8 Å². The molecule has 0 atom stereocenters. The minimum atomic E-state index is -0.412. The highest BCUT2D eigenvalue weighted by molar-refractivity contribution is 5.67. The smallest absolute Gasteiger partial charge is 0.407 e. The molecule has 0 radical (unpaired) electrons. The minimum absolute atomic E-state index is 0.320. The SMILES string of the molecule is CC(C)(C)OC(=O)NCCCCC1=CC=CC1. The molecule has 1 aliphatic carbocycles. The first-order valence-corrected chi connectivity index (χ1v) is 6.29. The Kier molecular flexibility index (Phi) is 5.26. The number of unbranched alkanes of at least 4 members (excludes halogenated alkanes) is 1. The van der Waals surface area contributed by atoms with Crippen molar-refractivity contribution in [1.29, 1.82) is 0 Å². The molecule has 0 fully saturated rings. The molecule has 0 aliphatic heterocycles. The van der Waals surface area contributed by atoms with Gasteiger partial charge in [0.15, 0.2) is 0 Å². The quantitative estimate of drug-likeness (QED) is 0.742. The Morgan fingerprint density at radius 2 is 2.18 bits per heavy atom. The molecule has 0 aromatic heterocycles. The summed E-state index contributed by atoms with van der Waals surface area (Å²) in [6, 6.07) is 0. The zero-order valence-corrected chi connectivity index (χ0v) is 11.1. The molecule has 1 amide bonds. The second kappa shape index (κ2) is 6.48. The van der Waals surface area contributed by atoms with Gasteiger partial charge in [-0.2, -0.15) is 0 Å². The van der Waals surface area contributed by atoms with E-state index in [1.165, 1.54) is 5.57 Å². The third kappa shape index (κ3) is 6.82. The van der Waals surface area contributed by atoms with Crippen LogP contribution in [-0.2, 0) is 4.74 Å². The van der Waals surface area contributed by atoms with Crippen LogP contribution in [0, 0.1) is 0 Å². The molecule has 0 unspecified atom stereocenters. The van der Waals surface area contributed by atoms with E-state index in [9.17, 15) is 4.79 Å². The van der Waals surface area contributed by atoms with Crippen LogP contribution in [0.1, 0.15) is 46.5 Å². The number of rotatable bonds is 5. The van der Waals surface area contributed by atoms with Crippen LogP contribution in [0.2, 0.25) is 0 Å². The van der Waals surface area contributed by atoms with E-state index in [1.54, 1.807) is 0 Å². The standard InChI is InChI=1S/C14H23NO2/c1-14(2,3)17-13(16)15-11-7-6-10-12-8-4-5-9-12/h4-5,8H,6-7,9-11H2,1-3H3,(H,15,16). The van der Waals surface area contributed by atoms with Gasteiger partial charge in [-0.25, -0.2) is 4.79 Å². The van der Waals surface area contributed by atoms with Crippen LogP contribution in [0.4, 0.5) is 4.79 Å². The second-order valence-electron chi connectivity index (χ2n) is 5.34. The van der Waals surface area contributed by atoms with E-state index in [1.807, 2.05) is 20.8 Å². The fourth-order valence-corrected chi connectivity index (χ4v) is 1.66. The van der Waals surface area contributed by atoms with Crippen LogP contribution < -0.4 is 5.32 Å². The van der Waals surface area contributed by atoms with E-state index < -0.39 is 5.60 Å².